The number of carboxylic acid groups (broad SMARTS) is 1. The second kappa shape index (κ2) is 6.26. The zero-order valence-corrected chi connectivity index (χ0v) is 12.0. The highest BCUT2D eigenvalue weighted by Gasteiger charge is 2.21. The first-order valence-electron chi connectivity index (χ1n) is 6.73. The van der Waals surface area contributed by atoms with Crippen molar-refractivity contribution in [2.24, 2.45) is 7.05 Å². The van der Waals surface area contributed by atoms with Crippen LogP contribution < -0.4 is 5.32 Å². The van der Waals surface area contributed by atoms with E-state index >= 15 is 0 Å². The van der Waals surface area contributed by atoms with Crippen LogP contribution in [-0.2, 0) is 11.8 Å². The highest BCUT2D eigenvalue weighted by Crippen LogP contribution is 2.20. The van der Waals surface area contributed by atoms with E-state index in [1.165, 1.54) is 0 Å². The van der Waals surface area contributed by atoms with E-state index in [4.69, 9.17) is 5.11 Å². The Hall–Kier alpha value is -2.56. The number of nitrogens with one attached hydrogen (secondary N) is 1. The number of aliphatic carboxylic acids is 1. The molecule has 0 saturated carbocycles. The van der Waals surface area contributed by atoms with Crippen LogP contribution in [-0.4, -0.2) is 27.6 Å². The number of hydrogen-bond acceptors (Lipinski definition) is 2. The molecule has 110 valence electrons. The minimum absolute atomic E-state index is 0.266. The summed E-state index contributed by atoms with van der Waals surface area (Å²) >= 11 is 0. The average molecular weight is 286 g/mol. The molecule has 0 bridgehead atoms. The quantitative estimate of drug-likeness (QED) is 0.829. The maximum Gasteiger partial charge on any atom is 0.326 e. The fourth-order valence-corrected chi connectivity index (χ4v) is 2.25. The third kappa shape index (κ3) is 3.13. The topological polar surface area (TPSA) is 71.3 Å². The van der Waals surface area contributed by atoms with Gasteiger partial charge in [0.1, 0.15) is 6.04 Å². The summed E-state index contributed by atoms with van der Waals surface area (Å²) in [5.41, 5.74) is 1.42. The number of rotatable bonds is 5. The number of carbonyl (C=O) groups is 2. The molecule has 1 atom stereocenters. The summed E-state index contributed by atoms with van der Waals surface area (Å²) in [5, 5.41) is 12.5. The lowest BCUT2D eigenvalue weighted by atomic mass is 10.1. The lowest BCUT2D eigenvalue weighted by molar-refractivity contribution is -0.139. The smallest absolute Gasteiger partial charge is 0.326 e. The van der Waals surface area contributed by atoms with Crippen molar-refractivity contribution in [1.29, 1.82) is 0 Å². The number of allylic oxidation sites excluding steroid dienone is 1. The number of fused-ring (bicyclic) bond motifs is 1. The molecule has 1 amide bonds. The average Bonchev–Trinajstić information content (AvgIpc) is 2.81. The summed E-state index contributed by atoms with van der Waals surface area (Å²) in [5.74, 6) is -1.41. The number of para-hydroxylation sites is 1. The largest absolute Gasteiger partial charge is 0.480 e. The van der Waals surface area contributed by atoms with E-state index in [0.717, 1.165) is 10.9 Å². The molecule has 5 nitrogen and oxygen atoms in total. The van der Waals surface area contributed by atoms with Crippen LogP contribution in [0, 0.1) is 0 Å². The van der Waals surface area contributed by atoms with Gasteiger partial charge in [-0.1, -0.05) is 30.4 Å². The van der Waals surface area contributed by atoms with E-state index in [2.05, 4.69) is 5.32 Å². The summed E-state index contributed by atoms with van der Waals surface area (Å²) in [6, 6.07) is 6.60. The third-order valence-corrected chi connectivity index (χ3v) is 3.35. The van der Waals surface area contributed by atoms with Crippen molar-refractivity contribution >= 4 is 22.8 Å². The minimum atomic E-state index is -1.04. The fourth-order valence-electron chi connectivity index (χ4n) is 2.25. The second-order valence-electron chi connectivity index (χ2n) is 4.84. The van der Waals surface area contributed by atoms with Crippen LogP contribution in [0.3, 0.4) is 0 Å². The van der Waals surface area contributed by atoms with E-state index in [9.17, 15) is 9.59 Å². The molecule has 5 heteroatoms. The van der Waals surface area contributed by atoms with Gasteiger partial charge in [-0.05, 0) is 19.4 Å². The zero-order chi connectivity index (χ0) is 15.4. The zero-order valence-electron chi connectivity index (χ0n) is 12.0. The SMILES string of the molecule is C/C=C/CC(NC(=O)c1cn(C)c2ccccc12)C(=O)O. The molecule has 1 aromatic carbocycles. The summed E-state index contributed by atoms with van der Waals surface area (Å²) in [6.07, 6.45) is 5.47. The number of aryl methyl sites for hydroxylation is 1. The molecule has 0 spiro atoms. The van der Waals surface area contributed by atoms with Gasteiger partial charge in [0.15, 0.2) is 0 Å². The molecule has 0 radical (unpaired) electrons. The molecule has 21 heavy (non-hydrogen) atoms. The molecular formula is C16H18N2O3. The molecule has 0 aliphatic carbocycles. The first-order chi connectivity index (χ1) is 10.0. The number of amides is 1. The predicted molar refractivity (Wildman–Crippen MR) is 81.2 cm³/mol. The standard InChI is InChI=1S/C16H18N2O3/c1-3-4-8-13(16(20)21)17-15(19)12-10-18(2)14-9-6-5-7-11(12)14/h3-7,9-10,13H,8H2,1-2H3,(H,17,19)(H,20,21)/b4-3+. The summed E-state index contributed by atoms with van der Waals surface area (Å²) in [6.45, 7) is 1.81. The first kappa shape index (κ1) is 14.8. The van der Waals surface area contributed by atoms with Gasteiger partial charge in [-0.3, -0.25) is 4.79 Å². The normalized spacial score (nSPS) is 12.7. The fraction of sp³-hybridized carbons (Fsp3) is 0.250. The maximum absolute atomic E-state index is 12.3. The molecule has 2 rings (SSSR count). The van der Waals surface area contributed by atoms with Crippen molar-refractivity contribution in [2.75, 3.05) is 0 Å². The minimum Gasteiger partial charge on any atom is -0.480 e. The van der Waals surface area contributed by atoms with Gasteiger partial charge < -0.3 is 15.0 Å². The molecule has 1 unspecified atom stereocenters. The Balaban J connectivity index is 2.27. The Labute approximate surface area is 122 Å². The summed E-state index contributed by atoms with van der Waals surface area (Å²) < 4.78 is 1.85. The van der Waals surface area contributed by atoms with Crippen LogP contribution in [0.4, 0.5) is 0 Å². The molecule has 0 saturated heterocycles. The van der Waals surface area contributed by atoms with Crippen LogP contribution >= 0.6 is 0 Å². The van der Waals surface area contributed by atoms with Crippen LogP contribution in [0.2, 0.25) is 0 Å². The maximum atomic E-state index is 12.3. The van der Waals surface area contributed by atoms with E-state index in [0.29, 0.717) is 5.56 Å². The number of carbonyl (C=O) groups excluding carboxylic acids is 1. The van der Waals surface area contributed by atoms with Gasteiger partial charge in [-0.25, -0.2) is 4.79 Å². The Morgan fingerprint density at radius 3 is 2.76 bits per heavy atom. The molecule has 0 aliphatic rings. The van der Waals surface area contributed by atoms with Gasteiger partial charge in [0.2, 0.25) is 0 Å². The van der Waals surface area contributed by atoms with Crippen molar-refractivity contribution in [3.8, 4) is 0 Å². The Bertz CT molecular complexity index is 701. The Kier molecular flexibility index (Phi) is 4.42. The van der Waals surface area contributed by atoms with Gasteiger partial charge in [0.25, 0.3) is 5.91 Å². The highest BCUT2D eigenvalue weighted by molar-refractivity contribution is 6.07. The highest BCUT2D eigenvalue weighted by atomic mass is 16.4. The lowest BCUT2D eigenvalue weighted by Crippen LogP contribution is -2.40. The van der Waals surface area contributed by atoms with Crippen LogP contribution in [0.5, 0.6) is 0 Å². The van der Waals surface area contributed by atoms with Crippen molar-refractivity contribution in [2.45, 2.75) is 19.4 Å². The van der Waals surface area contributed by atoms with Crippen molar-refractivity contribution in [1.82, 2.24) is 9.88 Å². The van der Waals surface area contributed by atoms with Gasteiger partial charge in [0, 0.05) is 24.1 Å². The van der Waals surface area contributed by atoms with Crippen LogP contribution in [0.1, 0.15) is 23.7 Å². The van der Waals surface area contributed by atoms with Crippen molar-refractivity contribution in [3.05, 3.63) is 48.2 Å². The van der Waals surface area contributed by atoms with E-state index in [-0.39, 0.29) is 12.3 Å². The number of benzene rings is 1. The molecular weight excluding hydrogens is 268 g/mol. The lowest BCUT2D eigenvalue weighted by Gasteiger charge is -2.12. The van der Waals surface area contributed by atoms with Gasteiger partial charge in [-0.2, -0.15) is 0 Å². The summed E-state index contributed by atoms with van der Waals surface area (Å²) in [7, 11) is 1.85. The first-order valence-corrected chi connectivity index (χ1v) is 6.73. The third-order valence-electron chi connectivity index (χ3n) is 3.35. The van der Waals surface area contributed by atoms with Crippen LogP contribution in [0.25, 0.3) is 10.9 Å². The number of aromatic nitrogens is 1. The van der Waals surface area contributed by atoms with Gasteiger partial charge in [0.05, 0.1) is 5.56 Å². The van der Waals surface area contributed by atoms with Crippen molar-refractivity contribution in [3.63, 3.8) is 0 Å². The Morgan fingerprint density at radius 2 is 2.10 bits per heavy atom. The second-order valence-corrected chi connectivity index (χ2v) is 4.84. The van der Waals surface area contributed by atoms with E-state index in [1.807, 2.05) is 42.8 Å². The van der Waals surface area contributed by atoms with Gasteiger partial charge in [-0.15, -0.1) is 0 Å². The molecule has 2 aromatic rings. The number of carboxylic acids is 1. The Morgan fingerprint density at radius 1 is 1.38 bits per heavy atom. The van der Waals surface area contributed by atoms with Gasteiger partial charge >= 0.3 is 5.97 Å². The van der Waals surface area contributed by atoms with Crippen molar-refractivity contribution < 1.29 is 14.7 Å². The molecule has 0 fully saturated rings. The van der Waals surface area contributed by atoms with Crippen LogP contribution in [0.15, 0.2) is 42.6 Å². The summed E-state index contributed by atoms with van der Waals surface area (Å²) in [4.78, 5) is 23.5. The predicted octanol–water partition coefficient (Wildman–Crippen LogP) is 2.33. The van der Waals surface area contributed by atoms with E-state index < -0.39 is 12.0 Å². The van der Waals surface area contributed by atoms with E-state index in [1.54, 1.807) is 18.3 Å². The number of nitrogens with zero attached hydrogens (tertiary/aromatic N) is 1. The number of hydrogen-bond donors (Lipinski definition) is 2. The molecule has 0 aliphatic heterocycles. The monoisotopic (exact) mass is 286 g/mol. The molecule has 1 heterocycles. The molecule has 2 N–H and O–H groups in total. The molecule has 1 aromatic heterocycles.